The van der Waals surface area contributed by atoms with Crippen molar-refractivity contribution in [1.29, 1.82) is 0 Å². The molecule has 0 N–H and O–H groups in total. The van der Waals surface area contributed by atoms with Gasteiger partial charge in [0.05, 0.1) is 23.5 Å². The van der Waals surface area contributed by atoms with E-state index in [4.69, 9.17) is 4.74 Å². The molecule has 0 saturated carbocycles. The largest absolute Gasteiger partial charge is 0.466 e. The lowest BCUT2D eigenvalue weighted by atomic mass is 9.96. The molecule has 2 saturated heterocycles. The van der Waals surface area contributed by atoms with Gasteiger partial charge in [-0.2, -0.15) is 0 Å². The number of nitro groups is 1. The summed E-state index contributed by atoms with van der Waals surface area (Å²) in [5, 5.41) is 10.8. The predicted molar refractivity (Wildman–Crippen MR) is 112 cm³/mol. The minimum Gasteiger partial charge on any atom is -0.466 e. The maximum Gasteiger partial charge on any atom is 0.309 e. The topological polar surface area (TPSA) is 96.2 Å². The van der Waals surface area contributed by atoms with Gasteiger partial charge in [-0.15, -0.1) is 0 Å². The highest BCUT2D eigenvalue weighted by atomic mass is 16.6. The Morgan fingerprint density at radius 3 is 2.23 bits per heavy atom. The second kappa shape index (κ2) is 9.88. The zero-order chi connectivity index (χ0) is 21.7. The lowest BCUT2D eigenvalue weighted by Crippen LogP contribution is -2.55. The number of carbonyl (C=O) groups excluding carboxylic acids is 2. The van der Waals surface area contributed by atoms with Crippen molar-refractivity contribution in [2.24, 2.45) is 5.92 Å². The summed E-state index contributed by atoms with van der Waals surface area (Å²) in [4.78, 5) is 41.5. The summed E-state index contributed by atoms with van der Waals surface area (Å²) >= 11 is 0. The van der Waals surface area contributed by atoms with E-state index in [-0.39, 0.29) is 29.5 Å². The Balaban J connectivity index is 1.48. The summed E-state index contributed by atoms with van der Waals surface area (Å²) in [6.45, 7) is 8.36. The number of nitro benzene ring substituents is 1. The first kappa shape index (κ1) is 22.0. The molecule has 1 atom stereocenters. The van der Waals surface area contributed by atoms with Crippen molar-refractivity contribution in [2.75, 3.05) is 50.8 Å². The van der Waals surface area contributed by atoms with Gasteiger partial charge in [0.25, 0.3) is 5.69 Å². The van der Waals surface area contributed by atoms with Crippen LogP contribution in [0.5, 0.6) is 0 Å². The molecule has 2 heterocycles. The highest BCUT2D eigenvalue weighted by molar-refractivity contribution is 5.82. The number of hydrogen-bond acceptors (Lipinski definition) is 7. The van der Waals surface area contributed by atoms with Gasteiger partial charge in [0.2, 0.25) is 5.91 Å². The molecule has 1 aromatic rings. The van der Waals surface area contributed by atoms with Gasteiger partial charge in [-0.25, -0.2) is 0 Å². The number of piperazine rings is 1. The van der Waals surface area contributed by atoms with Crippen molar-refractivity contribution in [3.05, 3.63) is 34.4 Å². The van der Waals surface area contributed by atoms with Crippen LogP contribution in [0.2, 0.25) is 0 Å². The Morgan fingerprint density at radius 2 is 1.70 bits per heavy atom. The van der Waals surface area contributed by atoms with E-state index in [1.54, 1.807) is 19.1 Å². The maximum atomic E-state index is 12.9. The van der Waals surface area contributed by atoms with Crippen LogP contribution in [0.4, 0.5) is 11.4 Å². The van der Waals surface area contributed by atoms with Crippen molar-refractivity contribution < 1.29 is 19.2 Å². The normalized spacial score (nSPS) is 19.4. The zero-order valence-electron chi connectivity index (χ0n) is 17.7. The van der Waals surface area contributed by atoms with E-state index in [9.17, 15) is 19.7 Å². The van der Waals surface area contributed by atoms with Gasteiger partial charge in [0.1, 0.15) is 0 Å². The monoisotopic (exact) mass is 418 g/mol. The molecule has 2 aliphatic rings. The molecule has 0 bridgehead atoms. The Morgan fingerprint density at radius 1 is 1.10 bits per heavy atom. The second-order valence-corrected chi connectivity index (χ2v) is 7.82. The standard InChI is InChI=1S/C21H30N4O5/c1-3-30-21(27)17-8-10-24(11-9-17)20(26)16(2)22-12-14-23(15-13-22)18-4-6-19(7-5-18)25(28)29/h4-7,16-17H,3,8-15H2,1-2H3. The Labute approximate surface area is 176 Å². The molecule has 1 amide bonds. The highest BCUT2D eigenvalue weighted by Crippen LogP contribution is 2.23. The SMILES string of the molecule is CCOC(=O)C1CCN(C(=O)C(C)N2CCN(c3ccc([N+](=O)[O-])cc3)CC2)CC1. The maximum absolute atomic E-state index is 12.9. The fourth-order valence-electron chi connectivity index (χ4n) is 4.17. The van der Waals surface area contributed by atoms with E-state index >= 15 is 0 Å². The Bertz CT molecular complexity index is 753. The van der Waals surface area contributed by atoms with Crippen LogP contribution in [0.3, 0.4) is 0 Å². The molecule has 1 aromatic carbocycles. The van der Waals surface area contributed by atoms with Gasteiger partial charge in [-0.05, 0) is 38.8 Å². The third-order valence-corrected chi connectivity index (χ3v) is 6.07. The van der Waals surface area contributed by atoms with Gasteiger partial charge in [-0.1, -0.05) is 0 Å². The van der Waals surface area contributed by atoms with Gasteiger partial charge in [0.15, 0.2) is 0 Å². The predicted octanol–water partition coefficient (Wildman–Crippen LogP) is 1.91. The van der Waals surface area contributed by atoms with Crippen LogP contribution in [0.25, 0.3) is 0 Å². The number of nitrogens with zero attached hydrogens (tertiary/aromatic N) is 4. The van der Waals surface area contributed by atoms with Crippen molar-refractivity contribution in [3.63, 3.8) is 0 Å². The summed E-state index contributed by atoms with van der Waals surface area (Å²) in [5.41, 5.74) is 1.04. The summed E-state index contributed by atoms with van der Waals surface area (Å²) in [6.07, 6.45) is 1.32. The third-order valence-electron chi connectivity index (χ3n) is 6.07. The average Bonchev–Trinajstić information content (AvgIpc) is 2.78. The fraction of sp³-hybridized carbons (Fsp3) is 0.619. The smallest absolute Gasteiger partial charge is 0.309 e. The molecule has 2 aliphatic heterocycles. The summed E-state index contributed by atoms with van der Waals surface area (Å²) in [7, 11) is 0. The molecule has 9 heteroatoms. The molecule has 9 nitrogen and oxygen atoms in total. The minimum absolute atomic E-state index is 0.0864. The molecule has 3 rings (SSSR count). The fourth-order valence-corrected chi connectivity index (χ4v) is 4.17. The molecule has 0 aromatic heterocycles. The van der Waals surface area contributed by atoms with E-state index in [1.807, 2.05) is 11.8 Å². The molecule has 0 aliphatic carbocycles. The van der Waals surface area contributed by atoms with Crippen molar-refractivity contribution in [1.82, 2.24) is 9.80 Å². The number of piperidine rings is 1. The molecule has 164 valence electrons. The van der Waals surface area contributed by atoms with Gasteiger partial charge in [-0.3, -0.25) is 24.6 Å². The van der Waals surface area contributed by atoms with Gasteiger partial charge < -0.3 is 14.5 Å². The molecule has 0 radical (unpaired) electrons. The zero-order valence-corrected chi connectivity index (χ0v) is 17.7. The van der Waals surface area contributed by atoms with Crippen molar-refractivity contribution >= 4 is 23.3 Å². The number of non-ortho nitro benzene ring substituents is 1. The number of hydrogen-bond donors (Lipinski definition) is 0. The van der Waals surface area contributed by atoms with E-state index in [0.29, 0.717) is 32.5 Å². The Hall–Kier alpha value is -2.68. The molecule has 1 unspecified atom stereocenters. The number of carbonyl (C=O) groups is 2. The number of likely N-dealkylation sites (tertiary alicyclic amines) is 1. The van der Waals surface area contributed by atoms with Gasteiger partial charge >= 0.3 is 5.97 Å². The highest BCUT2D eigenvalue weighted by Gasteiger charge is 2.33. The first-order chi connectivity index (χ1) is 14.4. The lowest BCUT2D eigenvalue weighted by molar-refractivity contribution is -0.384. The van der Waals surface area contributed by atoms with Crippen LogP contribution in [0.15, 0.2) is 24.3 Å². The number of ether oxygens (including phenoxy) is 1. The number of amides is 1. The Kier molecular flexibility index (Phi) is 7.25. The molecular weight excluding hydrogens is 388 g/mol. The second-order valence-electron chi connectivity index (χ2n) is 7.82. The molecular formula is C21H30N4O5. The van der Waals surface area contributed by atoms with E-state index in [1.165, 1.54) is 12.1 Å². The van der Waals surface area contributed by atoms with E-state index in [2.05, 4.69) is 9.80 Å². The van der Waals surface area contributed by atoms with Crippen LogP contribution in [0.1, 0.15) is 26.7 Å². The van der Waals surface area contributed by atoms with Crippen LogP contribution >= 0.6 is 0 Å². The van der Waals surface area contributed by atoms with E-state index in [0.717, 1.165) is 31.9 Å². The average molecular weight is 418 g/mol. The number of anilines is 1. The van der Waals surface area contributed by atoms with Crippen molar-refractivity contribution in [3.8, 4) is 0 Å². The number of rotatable bonds is 6. The van der Waals surface area contributed by atoms with Crippen molar-refractivity contribution in [2.45, 2.75) is 32.7 Å². The molecule has 30 heavy (non-hydrogen) atoms. The van der Waals surface area contributed by atoms with Gasteiger partial charge in [0, 0.05) is 57.1 Å². The molecule has 2 fully saturated rings. The van der Waals surface area contributed by atoms with Crippen LogP contribution < -0.4 is 4.90 Å². The summed E-state index contributed by atoms with van der Waals surface area (Å²) in [6, 6.07) is 6.39. The van der Waals surface area contributed by atoms with Crippen LogP contribution in [0, 0.1) is 16.0 Å². The lowest BCUT2D eigenvalue weighted by Gasteiger charge is -2.40. The minimum atomic E-state index is -0.398. The third kappa shape index (κ3) is 5.08. The quantitative estimate of drug-likeness (QED) is 0.395. The van der Waals surface area contributed by atoms with Crippen LogP contribution in [-0.2, 0) is 14.3 Å². The number of esters is 1. The first-order valence-electron chi connectivity index (χ1n) is 10.6. The number of benzene rings is 1. The van der Waals surface area contributed by atoms with Crippen LogP contribution in [-0.4, -0.2) is 78.5 Å². The summed E-state index contributed by atoms with van der Waals surface area (Å²) in [5.74, 6) is -0.143. The molecule has 0 spiro atoms. The van der Waals surface area contributed by atoms with E-state index < -0.39 is 4.92 Å². The first-order valence-corrected chi connectivity index (χ1v) is 10.6. The summed E-state index contributed by atoms with van der Waals surface area (Å²) < 4.78 is 5.10.